The predicted octanol–water partition coefficient (Wildman–Crippen LogP) is 5.92. The number of benzene rings is 2. The van der Waals surface area contributed by atoms with Gasteiger partial charge in [-0.3, -0.25) is 14.8 Å². The van der Waals surface area contributed by atoms with Gasteiger partial charge in [0.2, 0.25) is 0 Å². The summed E-state index contributed by atoms with van der Waals surface area (Å²) in [6, 6.07) is 17.3. The van der Waals surface area contributed by atoms with Crippen molar-refractivity contribution in [2.75, 3.05) is 32.7 Å². The van der Waals surface area contributed by atoms with Crippen LogP contribution >= 0.6 is 11.6 Å². The smallest absolute Gasteiger partial charge is 0.404 e. The molecular formula is C29H31ClF3N5O. The highest BCUT2D eigenvalue weighted by Crippen LogP contribution is 2.32. The zero-order chi connectivity index (χ0) is 27.4. The Morgan fingerprint density at radius 1 is 0.949 bits per heavy atom. The number of nitrogens with zero attached hydrogens (tertiary/aromatic N) is 4. The molecule has 0 aliphatic carbocycles. The fraction of sp³-hybridized carbons (Fsp3) is 0.345. The number of halogens is 4. The maximum Gasteiger partial charge on any atom is 0.573 e. The molecule has 1 fully saturated rings. The molecular weight excluding hydrogens is 527 g/mol. The van der Waals surface area contributed by atoms with Crippen LogP contribution in [-0.2, 0) is 19.6 Å². The van der Waals surface area contributed by atoms with Gasteiger partial charge in [0.25, 0.3) is 0 Å². The van der Waals surface area contributed by atoms with Crippen molar-refractivity contribution in [3.8, 4) is 17.0 Å². The molecule has 0 bridgehead atoms. The van der Waals surface area contributed by atoms with Gasteiger partial charge in [0.05, 0.1) is 11.9 Å². The van der Waals surface area contributed by atoms with E-state index in [1.165, 1.54) is 11.6 Å². The highest BCUT2D eigenvalue weighted by atomic mass is 35.5. The predicted molar refractivity (Wildman–Crippen MR) is 148 cm³/mol. The normalized spacial score (nSPS) is 15.2. The van der Waals surface area contributed by atoms with E-state index in [1.807, 2.05) is 24.4 Å². The molecule has 1 aliphatic rings. The molecule has 1 aliphatic heterocycles. The molecule has 0 spiro atoms. The van der Waals surface area contributed by atoms with Crippen LogP contribution < -0.4 is 10.5 Å². The molecule has 0 amide bonds. The molecule has 2 N–H and O–H groups in total. The lowest BCUT2D eigenvalue weighted by molar-refractivity contribution is -0.274. The van der Waals surface area contributed by atoms with Crippen molar-refractivity contribution in [1.82, 2.24) is 19.4 Å². The number of aromatic nitrogens is 2. The minimum absolute atomic E-state index is 0.340. The Morgan fingerprint density at radius 3 is 2.36 bits per heavy atom. The summed E-state index contributed by atoms with van der Waals surface area (Å²) in [5, 5.41) is 1.82. The van der Waals surface area contributed by atoms with Gasteiger partial charge < -0.3 is 15.0 Å². The lowest BCUT2D eigenvalue weighted by Gasteiger charge is -2.35. The fourth-order valence-corrected chi connectivity index (χ4v) is 5.25. The molecule has 5 rings (SSSR count). The number of ether oxygens (including phenoxy) is 1. The second kappa shape index (κ2) is 12.0. The Labute approximate surface area is 230 Å². The van der Waals surface area contributed by atoms with Crippen molar-refractivity contribution >= 4 is 22.5 Å². The van der Waals surface area contributed by atoms with E-state index in [2.05, 4.69) is 48.4 Å². The van der Waals surface area contributed by atoms with E-state index in [9.17, 15) is 13.2 Å². The maximum atomic E-state index is 12.6. The summed E-state index contributed by atoms with van der Waals surface area (Å²) in [7, 11) is 0. The van der Waals surface area contributed by atoms with Gasteiger partial charge in [-0.15, -0.1) is 13.2 Å². The quantitative estimate of drug-likeness (QED) is 0.277. The largest absolute Gasteiger partial charge is 0.573 e. The lowest BCUT2D eigenvalue weighted by Crippen LogP contribution is -2.45. The first-order valence-corrected chi connectivity index (χ1v) is 13.4. The molecule has 6 nitrogen and oxygen atoms in total. The van der Waals surface area contributed by atoms with E-state index in [4.69, 9.17) is 17.3 Å². The summed E-state index contributed by atoms with van der Waals surface area (Å²) in [5.41, 5.74) is 10.6. The van der Waals surface area contributed by atoms with Crippen LogP contribution in [0, 0.1) is 0 Å². The zero-order valence-corrected chi connectivity index (χ0v) is 22.3. The van der Waals surface area contributed by atoms with Crippen molar-refractivity contribution in [1.29, 1.82) is 0 Å². The highest BCUT2D eigenvalue weighted by molar-refractivity contribution is 6.31. The average molecular weight is 558 g/mol. The second-order valence-electron chi connectivity index (χ2n) is 9.80. The first-order chi connectivity index (χ1) is 18.8. The van der Waals surface area contributed by atoms with E-state index < -0.39 is 6.36 Å². The van der Waals surface area contributed by atoms with Crippen LogP contribution in [0.5, 0.6) is 5.75 Å². The average Bonchev–Trinajstić information content (AvgIpc) is 3.27. The Bertz CT molecular complexity index is 1400. The summed E-state index contributed by atoms with van der Waals surface area (Å²) in [6.45, 7) is 6.80. The van der Waals surface area contributed by atoms with E-state index in [0.29, 0.717) is 12.2 Å². The van der Waals surface area contributed by atoms with E-state index >= 15 is 0 Å². The number of pyridine rings is 1. The van der Waals surface area contributed by atoms with E-state index in [1.54, 1.807) is 6.07 Å². The Balaban J connectivity index is 1.32. The van der Waals surface area contributed by atoms with Gasteiger partial charge in [-0.05, 0) is 54.4 Å². The van der Waals surface area contributed by atoms with Crippen LogP contribution in [0.15, 0.2) is 67.0 Å². The standard InChI is InChI=1S/C29H31ClF3N5O/c30-26-5-2-1-4-22(26)19-37-14-12-36(13-15-37)18-21-6-9-28-24(16-21)25(20-38(28)11-3-10-34)27-8-7-23(17-35-27)39-29(31,32)33/h1-2,4-9,16-17,20H,3,10-15,18-19,34H2. The number of fused-ring (bicyclic) bond motifs is 1. The summed E-state index contributed by atoms with van der Waals surface area (Å²) < 4.78 is 43.9. The van der Waals surface area contributed by atoms with Crippen LogP contribution in [0.2, 0.25) is 5.02 Å². The van der Waals surface area contributed by atoms with Crippen molar-refractivity contribution in [3.63, 3.8) is 0 Å². The minimum Gasteiger partial charge on any atom is -0.404 e. The Hall–Kier alpha value is -3.11. The molecule has 4 aromatic rings. The van der Waals surface area contributed by atoms with E-state index in [0.717, 1.165) is 85.5 Å². The van der Waals surface area contributed by atoms with Gasteiger partial charge >= 0.3 is 6.36 Å². The summed E-state index contributed by atoms with van der Waals surface area (Å²) in [6.07, 6.45) is -0.826. The summed E-state index contributed by atoms with van der Waals surface area (Å²) in [5.74, 6) is -0.340. The molecule has 206 valence electrons. The van der Waals surface area contributed by atoms with E-state index in [-0.39, 0.29) is 5.75 Å². The summed E-state index contributed by atoms with van der Waals surface area (Å²) >= 11 is 6.35. The molecule has 0 atom stereocenters. The second-order valence-corrected chi connectivity index (χ2v) is 10.2. The zero-order valence-electron chi connectivity index (χ0n) is 21.5. The van der Waals surface area contributed by atoms with Gasteiger partial charge in [-0.25, -0.2) is 0 Å². The topological polar surface area (TPSA) is 59.6 Å². The van der Waals surface area contributed by atoms with Gasteiger partial charge in [0.1, 0.15) is 5.75 Å². The Morgan fingerprint density at radius 2 is 1.69 bits per heavy atom. The molecule has 2 aromatic carbocycles. The number of piperazine rings is 1. The third kappa shape index (κ3) is 6.91. The van der Waals surface area contributed by atoms with Crippen LogP contribution in [0.25, 0.3) is 22.2 Å². The van der Waals surface area contributed by atoms with Crippen molar-refractivity contribution in [3.05, 3.63) is 83.1 Å². The molecule has 0 radical (unpaired) electrons. The van der Waals surface area contributed by atoms with Crippen LogP contribution in [-0.4, -0.2) is 58.4 Å². The number of hydrogen-bond acceptors (Lipinski definition) is 5. The molecule has 0 saturated carbocycles. The van der Waals surface area contributed by atoms with Crippen LogP contribution in [0.1, 0.15) is 17.5 Å². The molecule has 39 heavy (non-hydrogen) atoms. The number of aryl methyl sites for hydroxylation is 1. The van der Waals surface area contributed by atoms with Crippen molar-refractivity contribution in [2.24, 2.45) is 5.73 Å². The highest BCUT2D eigenvalue weighted by Gasteiger charge is 2.31. The number of alkyl halides is 3. The first-order valence-electron chi connectivity index (χ1n) is 13.0. The molecule has 3 heterocycles. The fourth-order valence-electron chi connectivity index (χ4n) is 5.06. The van der Waals surface area contributed by atoms with Crippen molar-refractivity contribution < 1.29 is 17.9 Å². The van der Waals surface area contributed by atoms with Gasteiger partial charge in [-0.1, -0.05) is 35.9 Å². The number of hydrogen-bond donors (Lipinski definition) is 1. The van der Waals surface area contributed by atoms with Crippen molar-refractivity contribution in [2.45, 2.75) is 32.4 Å². The first kappa shape index (κ1) is 27.5. The third-order valence-corrected chi connectivity index (χ3v) is 7.39. The third-order valence-electron chi connectivity index (χ3n) is 7.02. The maximum absolute atomic E-state index is 12.6. The Kier molecular flexibility index (Phi) is 8.42. The summed E-state index contributed by atoms with van der Waals surface area (Å²) in [4.78, 5) is 9.15. The molecule has 10 heteroatoms. The van der Waals surface area contributed by atoms with Gasteiger partial charge in [0.15, 0.2) is 0 Å². The lowest BCUT2D eigenvalue weighted by atomic mass is 10.1. The van der Waals surface area contributed by atoms with Crippen LogP contribution in [0.3, 0.4) is 0 Å². The monoisotopic (exact) mass is 557 g/mol. The van der Waals surface area contributed by atoms with Crippen LogP contribution in [0.4, 0.5) is 13.2 Å². The number of nitrogens with two attached hydrogens (primary N) is 1. The minimum atomic E-state index is -4.75. The molecule has 0 unspecified atom stereocenters. The van der Waals surface area contributed by atoms with Gasteiger partial charge in [-0.2, -0.15) is 0 Å². The molecule has 1 saturated heterocycles. The molecule has 2 aromatic heterocycles. The SMILES string of the molecule is NCCCn1cc(-c2ccc(OC(F)(F)F)cn2)c2cc(CN3CCN(Cc4ccccc4Cl)CC3)ccc21. The van der Waals surface area contributed by atoms with Gasteiger partial charge in [0, 0.05) is 73.5 Å². The number of rotatable bonds is 9.